The molecule has 0 saturated carbocycles. The topological polar surface area (TPSA) is 83.6 Å². The Kier molecular flexibility index (Phi) is 7.87. The van der Waals surface area contributed by atoms with Crippen molar-refractivity contribution in [1.82, 2.24) is 4.90 Å². The molecule has 0 unspecified atom stereocenters. The van der Waals surface area contributed by atoms with E-state index >= 15 is 0 Å². The largest absolute Gasteiger partial charge is 0.345 e. The maximum absolute atomic E-state index is 13.2. The second kappa shape index (κ2) is 10.9. The molecule has 0 radical (unpaired) electrons. The number of hydrogen-bond donors (Lipinski definition) is 1. The number of aryl methyl sites for hydroxylation is 1. The SMILES string of the molecule is CN(C)C(=O)c1cccc(CCC(=O)c2cccc3c(NS(=O)(=O)c4cc(Cl)cc(Cl)c4)cccc23)c1. The van der Waals surface area contributed by atoms with Gasteiger partial charge in [-0.2, -0.15) is 0 Å². The van der Waals surface area contributed by atoms with Crippen LogP contribution >= 0.6 is 23.2 Å². The van der Waals surface area contributed by atoms with Crippen LogP contribution in [0.1, 0.15) is 32.7 Å². The molecule has 6 nitrogen and oxygen atoms in total. The van der Waals surface area contributed by atoms with Gasteiger partial charge in [-0.1, -0.05) is 65.7 Å². The molecule has 0 aliphatic rings. The van der Waals surface area contributed by atoms with Crippen molar-refractivity contribution in [3.8, 4) is 0 Å². The smallest absolute Gasteiger partial charge is 0.262 e. The second-order valence-corrected chi connectivity index (χ2v) is 11.3. The van der Waals surface area contributed by atoms with E-state index in [-0.39, 0.29) is 33.1 Å². The summed E-state index contributed by atoms with van der Waals surface area (Å²) in [5.74, 6) is -0.186. The number of hydrogen-bond acceptors (Lipinski definition) is 4. The first kappa shape index (κ1) is 26.7. The van der Waals surface area contributed by atoms with Crippen molar-refractivity contribution >= 4 is 61.4 Å². The maximum Gasteiger partial charge on any atom is 0.262 e. The molecule has 0 aromatic heterocycles. The highest BCUT2D eigenvalue weighted by Gasteiger charge is 2.19. The number of anilines is 1. The first-order chi connectivity index (χ1) is 17.5. The summed E-state index contributed by atoms with van der Waals surface area (Å²) in [7, 11) is -0.597. The summed E-state index contributed by atoms with van der Waals surface area (Å²) in [5, 5.41) is 1.63. The number of carbonyl (C=O) groups is 2. The molecule has 0 aliphatic carbocycles. The van der Waals surface area contributed by atoms with Crippen LogP contribution in [0.5, 0.6) is 0 Å². The van der Waals surface area contributed by atoms with E-state index in [4.69, 9.17) is 23.2 Å². The minimum absolute atomic E-state index is 0.0655. The molecule has 1 amide bonds. The molecule has 37 heavy (non-hydrogen) atoms. The van der Waals surface area contributed by atoms with Gasteiger partial charge >= 0.3 is 0 Å². The molecule has 4 rings (SSSR count). The lowest BCUT2D eigenvalue weighted by Gasteiger charge is -2.13. The number of amides is 1. The van der Waals surface area contributed by atoms with E-state index in [0.717, 1.165) is 5.56 Å². The van der Waals surface area contributed by atoms with Crippen molar-refractivity contribution in [2.24, 2.45) is 0 Å². The van der Waals surface area contributed by atoms with Crippen molar-refractivity contribution in [2.75, 3.05) is 18.8 Å². The van der Waals surface area contributed by atoms with Gasteiger partial charge in [-0.25, -0.2) is 8.42 Å². The van der Waals surface area contributed by atoms with E-state index in [1.165, 1.54) is 23.1 Å². The van der Waals surface area contributed by atoms with Gasteiger partial charge in [-0.3, -0.25) is 14.3 Å². The number of rotatable bonds is 8. The van der Waals surface area contributed by atoms with Gasteiger partial charge in [0.15, 0.2) is 5.78 Å². The van der Waals surface area contributed by atoms with Crippen LogP contribution in [0.25, 0.3) is 10.8 Å². The van der Waals surface area contributed by atoms with Crippen LogP contribution in [-0.2, 0) is 16.4 Å². The number of carbonyl (C=O) groups excluding carboxylic acids is 2. The standard InChI is InChI=1S/C28H24Cl2N2O4S/c1-32(2)28(34)19-7-3-6-18(14-19)12-13-27(33)25-10-4-9-24-23(25)8-5-11-26(24)31-37(35,36)22-16-20(29)15-21(30)17-22/h3-11,14-17,31H,12-13H2,1-2H3. The Labute approximate surface area is 225 Å². The molecule has 190 valence electrons. The zero-order valence-electron chi connectivity index (χ0n) is 20.2. The summed E-state index contributed by atoms with van der Waals surface area (Å²) in [4.78, 5) is 26.9. The van der Waals surface area contributed by atoms with Crippen molar-refractivity contribution < 1.29 is 18.0 Å². The molecular formula is C28H24Cl2N2O4S. The van der Waals surface area contributed by atoms with Crippen molar-refractivity contribution in [3.05, 3.63) is 106 Å². The van der Waals surface area contributed by atoms with E-state index in [1.54, 1.807) is 68.7 Å². The highest BCUT2D eigenvalue weighted by atomic mass is 35.5. The van der Waals surface area contributed by atoms with Crippen LogP contribution in [-0.4, -0.2) is 39.1 Å². The highest BCUT2D eigenvalue weighted by molar-refractivity contribution is 7.92. The Morgan fingerprint density at radius 1 is 0.838 bits per heavy atom. The molecular weight excluding hydrogens is 531 g/mol. The van der Waals surface area contributed by atoms with E-state index < -0.39 is 10.0 Å². The van der Waals surface area contributed by atoms with Crippen LogP contribution in [0.15, 0.2) is 83.8 Å². The number of nitrogens with zero attached hydrogens (tertiary/aromatic N) is 1. The van der Waals surface area contributed by atoms with Crippen LogP contribution in [0, 0.1) is 0 Å². The third kappa shape index (κ3) is 6.13. The number of fused-ring (bicyclic) bond motifs is 1. The lowest BCUT2D eigenvalue weighted by molar-refractivity contribution is 0.0827. The van der Waals surface area contributed by atoms with Crippen molar-refractivity contribution in [1.29, 1.82) is 0 Å². The molecule has 0 atom stereocenters. The Morgan fingerprint density at radius 3 is 2.19 bits per heavy atom. The van der Waals surface area contributed by atoms with Gasteiger partial charge < -0.3 is 4.90 Å². The third-order valence-corrected chi connectivity index (χ3v) is 7.62. The lowest BCUT2D eigenvalue weighted by Crippen LogP contribution is -2.21. The number of sulfonamides is 1. The zero-order chi connectivity index (χ0) is 26.7. The van der Waals surface area contributed by atoms with E-state index in [0.29, 0.717) is 34.0 Å². The molecule has 9 heteroatoms. The maximum atomic E-state index is 13.2. The zero-order valence-corrected chi connectivity index (χ0v) is 22.5. The minimum Gasteiger partial charge on any atom is -0.345 e. The van der Waals surface area contributed by atoms with Crippen LogP contribution in [0.3, 0.4) is 0 Å². The Morgan fingerprint density at radius 2 is 1.49 bits per heavy atom. The quantitative estimate of drug-likeness (QED) is 0.253. The normalized spacial score (nSPS) is 11.4. The van der Waals surface area contributed by atoms with Gasteiger partial charge in [-0.15, -0.1) is 0 Å². The van der Waals surface area contributed by atoms with Crippen LogP contribution in [0.4, 0.5) is 5.69 Å². The average molecular weight is 555 g/mol. The van der Waals surface area contributed by atoms with Gasteiger partial charge in [0.2, 0.25) is 0 Å². The fourth-order valence-electron chi connectivity index (χ4n) is 4.04. The molecule has 0 saturated heterocycles. The van der Waals surface area contributed by atoms with E-state index in [9.17, 15) is 18.0 Å². The van der Waals surface area contributed by atoms with E-state index in [1.807, 2.05) is 6.07 Å². The summed E-state index contributed by atoms with van der Waals surface area (Å²) in [5.41, 5.74) is 2.27. The summed E-state index contributed by atoms with van der Waals surface area (Å²) < 4.78 is 28.6. The first-order valence-electron chi connectivity index (χ1n) is 11.4. The average Bonchev–Trinajstić information content (AvgIpc) is 2.86. The molecule has 4 aromatic carbocycles. The number of halogens is 2. The number of nitrogens with one attached hydrogen (secondary N) is 1. The summed E-state index contributed by atoms with van der Waals surface area (Å²) in [6, 6.07) is 21.6. The lowest BCUT2D eigenvalue weighted by atomic mass is 9.96. The fraction of sp³-hybridized carbons (Fsp3) is 0.143. The van der Waals surface area contributed by atoms with Crippen molar-refractivity contribution in [2.45, 2.75) is 17.7 Å². The highest BCUT2D eigenvalue weighted by Crippen LogP contribution is 2.30. The molecule has 0 heterocycles. The first-order valence-corrected chi connectivity index (χ1v) is 13.6. The Balaban J connectivity index is 1.59. The number of Topliss-reactive ketones (excluding diaryl/α,β-unsaturated/α-hetero) is 1. The number of ketones is 1. The Bertz CT molecular complexity index is 1600. The minimum atomic E-state index is -3.98. The van der Waals surface area contributed by atoms with Crippen LogP contribution in [0.2, 0.25) is 10.0 Å². The predicted octanol–water partition coefficient (Wildman–Crippen LogP) is 6.46. The third-order valence-electron chi connectivity index (χ3n) is 5.83. The van der Waals surface area contributed by atoms with E-state index in [2.05, 4.69) is 4.72 Å². The summed E-state index contributed by atoms with van der Waals surface area (Å²) >= 11 is 12.0. The monoisotopic (exact) mass is 554 g/mol. The fourth-order valence-corrected chi connectivity index (χ4v) is 5.85. The summed E-state index contributed by atoms with van der Waals surface area (Å²) in [6.07, 6.45) is 0.696. The number of benzene rings is 4. The Hall–Kier alpha value is -3.39. The van der Waals surface area contributed by atoms with Crippen molar-refractivity contribution in [3.63, 3.8) is 0 Å². The summed E-state index contributed by atoms with van der Waals surface area (Å²) in [6.45, 7) is 0. The predicted molar refractivity (Wildman–Crippen MR) is 148 cm³/mol. The molecule has 0 spiro atoms. The molecule has 0 bridgehead atoms. The van der Waals surface area contributed by atoms with Crippen LogP contribution < -0.4 is 4.72 Å². The molecule has 1 N–H and O–H groups in total. The van der Waals surface area contributed by atoms with Gasteiger partial charge in [0.1, 0.15) is 0 Å². The molecule has 0 fully saturated rings. The second-order valence-electron chi connectivity index (χ2n) is 8.74. The molecule has 4 aromatic rings. The van der Waals surface area contributed by atoms with Gasteiger partial charge in [-0.05, 0) is 53.8 Å². The molecule has 0 aliphatic heterocycles. The van der Waals surface area contributed by atoms with Gasteiger partial charge in [0.05, 0.1) is 10.6 Å². The van der Waals surface area contributed by atoms with Gasteiger partial charge in [0.25, 0.3) is 15.9 Å². The van der Waals surface area contributed by atoms with Gasteiger partial charge in [0, 0.05) is 47.1 Å².